The van der Waals surface area contributed by atoms with Crippen LogP contribution >= 0.6 is 0 Å². The highest BCUT2D eigenvalue weighted by atomic mass is 16.5. The fourth-order valence-corrected chi connectivity index (χ4v) is 2.32. The maximum Gasteiger partial charge on any atom is 0.0559 e. The number of ether oxygens (including phenoxy) is 1. The van der Waals surface area contributed by atoms with Gasteiger partial charge in [0.15, 0.2) is 0 Å². The summed E-state index contributed by atoms with van der Waals surface area (Å²) in [5, 5.41) is 3.65. The Morgan fingerprint density at radius 1 is 1.18 bits per heavy atom. The number of para-hydroxylation sites is 1. The van der Waals surface area contributed by atoms with Crippen molar-refractivity contribution in [2.75, 3.05) is 25.1 Å². The van der Waals surface area contributed by atoms with Crippen molar-refractivity contribution in [1.82, 2.24) is 0 Å². The fourth-order valence-electron chi connectivity index (χ4n) is 2.32. The molecule has 0 saturated carbocycles. The molecule has 0 aliphatic carbocycles. The maximum absolute atomic E-state index is 5.30. The Hall–Kier alpha value is -1.02. The van der Waals surface area contributed by atoms with Crippen LogP contribution in [0.15, 0.2) is 18.2 Å². The molecule has 1 aliphatic rings. The lowest BCUT2D eigenvalue weighted by Gasteiger charge is -2.38. The molecule has 1 aliphatic heterocycles. The molecule has 2 nitrogen and oxygen atoms in total. The molecule has 0 unspecified atom stereocenters. The molecule has 1 aromatic carbocycles. The molecule has 94 valence electrons. The normalized spacial score (nSPS) is 17.6. The van der Waals surface area contributed by atoms with Crippen LogP contribution in [0.5, 0.6) is 0 Å². The zero-order valence-electron chi connectivity index (χ0n) is 11.2. The third kappa shape index (κ3) is 2.63. The van der Waals surface area contributed by atoms with Crippen LogP contribution in [0, 0.1) is 5.41 Å². The van der Waals surface area contributed by atoms with E-state index >= 15 is 0 Å². The highest BCUT2D eigenvalue weighted by molar-refractivity contribution is 5.58. The lowest BCUT2D eigenvalue weighted by atomic mass is 9.88. The van der Waals surface area contributed by atoms with Gasteiger partial charge in [0.2, 0.25) is 0 Å². The van der Waals surface area contributed by atoms with Gasteiger partial charge < -0.3 is 10.1 Å². The zero-order valence-corrected chi connectivity index (χ0v) is 11.2. The van der Waals surface area contributed by atoms with Gasteiger partial charge in [-0.25, -0.2) is 0 Å². The van der Waals surface area contributed by atoms with Gasteiger partial charge in [0.05, 0.1) is 13.2 Å². The van der Waals surface area contributed by atoms with Gasteiger partial charge >= 0.3 is 0 Å². The zero-order chi connectivity index (χ0) is 12.3. The van der Waals surface area contributed by atoms with Crippen molar-refractivity contribution in [2.24, 2.45) is 5.41 Å². The number of hydrogen-bond acceptors (Lipinski definition) is 2. The SMILES string of the molecule is CCc1cccc(CC)c1NCC1(C)COC1. The van der Waals surface area contributed by atoms with Crippen LogP contribution in [0.3, 0.4) is 0 Å². The molecule has 1 N–H and O–H groups in total. The van der Waals surface area contributed by atoms with Crippen molar-refractivity contribution in [3.63, 3.8) is 0 Å². The maximum atomic E-state index is 5.30. The standard InChI is InChI=1S/C15H23NO/c1-4-12-7-6-8-13(5-2)14(12)16-9-15(3)10-17-11-15/h6-8,16H,4-5,9-11H2,1-3H3. The summed E-state index contributed by atoms with van der Waals surface area (Å²) in [6.45, 7) is 9.49. The molecule has 2 rings (SSSR count). The number of nitrogens with one attached hydrogen (secondary N) is 1. The van der Waals surface area contributed by atoms with Gasteiger partial charge in [-0.15, -0.1) is 0 Å². The monoisotopic (exact) mass is 233 g/mol. The Balaban J connectivity index is 2.12. The van der Waals surface area contributed by atoms with Crippen LogP contribution in [-0.2, 0) is 17.6 Å². The summed E-state index contributed by atoms with van der Waals surface area (Å²) in [7, 11) is 0. The summed E-state index contributed by atoms with van der Waals surface area (Å²) < 4.78 is 5.30. The highest BCUT2D eigenvalue weighted by Gasteiger charge is 2.33. The fraction of sp³-hybridized carbons (Fsp3) is 0.600. The van der Waals surface area contributed by atoms with Gasteiger partial charge in [0.1, 0.15) is 0 Å². The Morgan fingerprint density at radius 3 is 2.18 bits per heavy atom. The molecule has 0 atom stereocenters. The number of anilines is 1. The molecule has 1 fully saturated rings. The van der Waals surface area contributed by atoms with Crippen LogP contribution in [0.4, 0.5) is 5.69 Å². The van der Waals surface area contributed by atoms with E-state index in [1.165, 1.54) is 16.8 Å². The number of benzene rings is 1. The predicted octanol–water partition coefficient (Wildman–Crippen LogP) is 3.26. The molecule has 17 heavy (non-hydrogen) atoms. The first kappa shape index (κ1) is 12.4. The van der Waals surface area contributed by atoms with E-state index in [9.17, 15) is 0 Å². The van der Waals surface area contributed by atoms with Gasteiger partial charge in [0, 0.05) is 17.6 Å². The van der Waals surface area contributed by atoms with Crippen molar-refractivity contribution in [3.05, 3.63) is 29.3 Å². The molecule has 1 aromatic rings. The van der Waals surface area contributed by atoms with Gasteiger partial charge in [-0.3, -0.25) is 0 Å². The van der Waals surface area contributed by atoms with E-state index in [1.807, 2.05) is 0 Å². The predicted molar refractivity (Wildman–Crippen MR) is 72.6 cm³/mol. The molecule has 0 radical (unpaired) electrons. The first-order valence-electron chi connectivity index (χ1n) is 6.61. The average Bonchev–Trinajstić information content (AvgIpc) is 2.33. The molecular weight excluding hydrogens is 210 g/mol. The molecule has 1 saturated heterocycles. The quantitative estimate of drug-likeness (QED) is 0.843. The molecule has 0 spiro atoms. The second-order valence-electron chi connectivity index (χ2n) is 5.32. The minimum atomic E-state index is 0.325. The topological polar surface area (TPSA) is 21.3 Å². The van der Waals surface area contributed by atoms with E-state index in [2.05, 4.69) is 44.3 Å². The van der Waals surface area contributed by atoms with Crippen molar-refractivity contribution < 1.29 is 4.74 Å². The van der Waals surface area contributed by atoms with Crippen molar-refractivity contribution in [3.8, 4) is 0 Å². The molecular formula is C15H23NO. The van der Waals surface area contributed by atoms with Crippen LogP contribution < -0.4 is 5.32 Å². The van der Waals surface area contributed by atoms with Gasteiger partial charge in [-0.2, -0.15) is 0 Å². The molecule has 1 heterocycles. The number of hydrogen-bond donors (Lipinski definition) is 1. The smallest absolute Gasteiger partial charge is 0.0559 e. The van der Waals surface area contributed by atoms with Crippen LogP contribution in [0.2, 0.25) is 0 Å². The van der Waals surface area contributed by atoms with Gasteiger partial charge in [-0.1, -0.05) is 39.0 Å². The van der Waals surface area contributed by atoms with E-state index in [4.69, 9.17) is 4.74 Å². The molecule has 0 aromatic heterocycles. The summed E-state index contributed by atoms with van der Waals surface area (Å²) in [4.78, 5) is 0. The summed E-state index contributed by atoms with van der Waals surface area (Å²) in [5.74, 6) is 0. The van der Waals surface area contributed by atoms with E-state index in [0.717, 1.165) is 32.6 Å². The van der Waals surface area contributed by atoms with E-state index in [-0.39, 0.29) is 0 Å². The van der Waals surface area contributed by atoms with Crippen LogP contribution in [-0.4, -0.2) is 19.8 Å². The summed E-state index contributed by atoms with van der Waals surface area (Å²) >= 11 is 0. The van der Waals surface area contributed by atoms with Crippen molar-refractivity contribution >= 4 is 5.69 Å². The van der Waals surface area contributed by atoms with E-state index in [0.29, 0.717) is 5.41 Å². The summed E-state index contributed by atoms with van der Waals surface area (Å²) in [6.07, 6.45) is 2.17. The lowest BCUT2D eigenvalue weighted by Crippen LogP contribution is -2.45. The molecule has 0 amide bonds. The first-order chi connectivity index (χ1) is 8.18. The highest BCUT2D eigenvalue weighted by Crippen LogP contribution is 2.29. The largest absolute Gasteiger partial charge is 0.384 e. The van der Waals surface area contributed by atoms with E-state index < -0.39 is 0 Å². The van der Waals surface area contributed by atoms with Crippen molar-refractivity contribution in [1.29, 1.82) is 0 Å². The molecule has 2 heteroatoms. The third-order valence-corrected chi connectivity index (χ3v) is 3.59. The van der Waals surface area contributed by atoms with Gasteiger partial charge in [0.25, 0.3) is 0 Å². The lowest BCUT2D eigenvalue weighted by molar-refractivity contribution is -0.0924. The minimum absolute atomic E-state index is 0.325. The second-order valence-corrected chi connectivity index (χ2v) is 5.32. The third-order valence-electron chi connectivity index (χ3n) is 3.59. The number of rotatable bonds is 5. The Bertz CT molecular complexity index is 360. The van der Waals surface area contributed by atoms with E-state index in [1.54, 1.807) is 0 Å². The van der Waals surface area contributed by atoms with Crippen LogP contribution in [0.25, 0.3) is 0 Å². The van der Waals surface area contributed by atoms with Crippen LogP contribution in [0.1, 0.15) is 31.9 Å². The summed E-state index contributed by atoms with van der Waals surface area (Å²) in [6, 6.07) is 6.61. The van der Waals surface area contributed by atoms with Crippen molar-refractivity contribution in [2.45, 2.75) is 33.6 Å². The second kappa shape index (κ2) is 5.09. The van der Waals surface area contributed by atoms with Gasteiger partial charge in [-0.05, 0) is 24.0 Å². The average molecular weight is 233 g/mol. The minimum Gasteiger partial charge on any atom is -0.384 e. The first-order valence-corrected chi connectivity index (χ1v) is 6.61. The Kier molecular flexibility index (Phi) is 3.72. The number of aryl methyl sites for hydroxylation is 2. The Labute approximate surface area is 104 Å². The summed E-state index contributed by atoms with van der Waals surface area (Å²) in [5.41, 5.74) is 4.53. The molecule has 0 bridgehead atoms. The Morgan fingerprint density at radius 2 is 1.76 bits per heavy atom.